The van der Waals surface area contributed by atoms with E-state index in [0.717, 1.165) is 23.5 Å². The van der Waals surface area contributed by atoms with Crippen molar-refractivity contribution in [3.63, 3.8) is 0 Å². The van der Waals surface area contributed by atoms with Crippen molar-refractivity contribution >= 4 is 46.0 Å². The smallest absolute Gasteiger partial charge is 0.416 e. The second kappa shape index (κ2) is 8.91. The van der Waals surface area contributed by atoms with Gasteiger partial charge in [0.2, 0.25) is 0 Å². The highest BCUT2D eigenvalue weighted by Crippen LogP contribution is 2.35. The highest BCUT2D eigenvalue weighted by molar-refractivity contribution is 7.16. The third-order valence-corrected chi connectivity index (χ3v) is 5.31. The molecule has 0 saturated carbocycles. The second-order valence-corrected chi connectivity index (χ2v) is 7.99. The van der Waals surface area contributed by atoms with E-state index >= 15 is 0 Å². The molecule has 3 aromatic rings. The third-order valence-electron chi connectivity index (χ3n) is 4.15. The topological polar surface area (TPSA) is 79.3 Å². The van der Waals surface area contributed by atoms with Crippen LogP contribution in [0.3, 0.4) is 0 Å². The van der Waals surface area contributed by atoms with Gasteiger partial charge in [-0.25, -0.2) is 9.78 Å². The predicted molar refractivity (Wildman–Crippen MR) is 113 cm³/mol. The van der Waals surface area contributed by atoms with E-state index in [9.17, 15) is 22.8 Å². The van der Waals surface area contributed by atoms with Gasteiger partial charge in [-0.15, -0.1) is 11.3 Å². The standard InChI is InChI=1S/C21H14ClF3N2O3S/c1-11-17(14-3-2-4-15(10-14)21(23,24)25)26-20(31-11)27-18(28)13-7-5-12(6-8-13)9-16(22)19(29)30/h2-10H,1H3,(H,29,30)(H,26,27,28). The van der Waals surface area contributed by atoms with Crippen LogP contribution in [0.4, 0.5) is 18.3 Å². The van der Waals surface area contributed by atoms with Crippen molar-refractivity contribution < 1.29 is 27.9 Å². The Balaban J connectivity index is 1.78. The maximum absolute atomic E-state index is 13.0. The fourth-order valence-electron chi connectivity index (χ4n) is 2.67. The van der Waals surface area contributed by atoms with E-state index < -0.39 is 23.6 Å². The third kappa shape index (κ3) is 5.50. The summed E-state index contributed by atoms with van der Waals surface area (Å²) >= 11 is 6.72. The number of aryl methyl sites for hydroxylation is 1. The lowest BCUT2D eigenvalue weighted by Gasteiger charge is -2.08. The minimum atomic E-state index is -4.47. The Hall–Kier alpha value is -3.17. The van der Waals surface area contributed by atoms with Crippen molar-refractivity contribution in [3.8, 4) is 11.3 Å². The number of alkyl halides is 3. The molecule has 0 bridgehead atoms. The molecule has 0 spiro atoms. The van der Waals surface area contributed by atoms with Gasteiger partial charge in [0.15, 0.2) is 5.13 Å². The van der Waals surface area contributed by atoms with E-state index in [-0.39, 0.29) is 15.7 Å². The molecular formula is C21H14ClF3N2O3S. The van der Waals surface area contributed by atoms with Gasteiger partial charge in [-0.3, -0.25) is 10.1 Å². The summed E-state index contributed by atoms with van der Waals surface area (Å²) < 4.78 is 38.9. The molecule has 1 aromatic heterocycles. The Kier molecular flexibility index (Phi) is 6.47. The second-order valence-electron chi connectivity index (χ2n) is 6.38. The van der Waals surface area contributed by atoms with Gasteiger partial charge >= 0.3 is 12.1 Å². The molecular weight excluding hydrogens is 453 g/mol. The first-order valence-corrected chi connectivity index (χ1v) is 9.91. The molecule has 160 valence electrons. The molecule has 10 heteroatoms. The monoisotopic (exact) mass is 466 g/mol. The molecule has 0 unspecified atom stereocenters. The molecule has 0 radical (unpaired) electrons. The highest BCUT2D eigenvalue weighted by Gasteiger charge is 2.30. The van der Waals surface area contributed by atoms with Crippen LogP contribution in [0.5, 0.6) is 0 Å². The lowest BCUT2D eigenvalue weighted by Crippen LogP contribution is -2.11. The van der Waals surface area contributed by atoms with Crippen LogP contribution in [-0.2, 0) is 11.0 Å². The van der Waals surface area contributed by atoms with Crippen molar-refractivity contribution in [2.45, 2.75) is 13.1 Å². The Labute approximate surface area is 183 Å². The normalized spacial score (nSPS) is 12.0. The van der Waals surface area contributed by atoms with Gasteiger partial charge in [-0.2, -0.15) is 13.2 Å². The minimum absolute atomic E-state index is 0.243. The number of halogens is 4. The fraction of sp³-hybridized carbons (Fsp3) is 0.0952. The number of benzene rings is 2. The summed E-state index contributed by atoms with van der Waals surface area (Å²) in [5.74, 6) is -1.73. The van der Waals surface area contributed by atoms with Gasteiger partial charge in [0.1, 0.15) is 5.03 Å². The maximum atomic E-state index is 13.0. The summed E-state index contributed by atoms with van der Waals surface area (Å²) in [5.41, 5.74) is 0.670. The van der Waals surface area contributed by atoms with Gasteiger partial charge in [0.05, 0.1) is 11.3 Å². The van der Waals surface area contributed by atoms with Crippen LogP contribution in [0.15, 0.2) is 53.6 Å². The molecule has 31 heavy (non-hydrogen) atoms. The average molecular weight is 467 g/mol. The predicted octanol–water partition coefficient (Wildman–Crippen LogP) is 6.05. The van der Waals surface area contributed by atoms with E-state index in [1.54, 1.807) is 6.92 Å². The molecule has 3 rings (SSSR count). The average Bonchev–Trinajstić information content (AvgIpc) is 3.07. The van der Waals surface area contributed by atoms with Gasteiger partial charge in [0, 0.05) is 16.0 Å². The number of hydrogen-bond donors (Lipinski definition) is 2. The SMILES string of the molecule is Cc1sc(NC(=O)c2ccc(C=C(Cl)C(=O)O)cc2)nc1-c1cccc(C(F)(F)F)c1. The Morgan fingerprint density at radius 3 is 2.45 bits per heavy atom. The Morgan fingerprint density at radius 1 is 1.16 bits per heavy atom. The molecule has 0 fully saturated rings. The number of carboxylic acids is 1. The van der Waals surface area contributed by atoms with E-state index in [0.29, 0.717) is 21.7 Å². The number of amides is 1. The van der Waals surface area contributed by atoms with E-state index in [2.05, 4.69) is 10.3 Å². The summed E-state index contributed by atoms with van der Waals surface area (Å²) in [6.07, 6.45) is -3.22. The van der Waals surface area contributed by atoms with Crippen molar-refractivity contribution in [2.24, 2.45) is 0 Å². The summed E-state index contributed by atoms with van der Waals surface area (Å²) in [6, 6.07) is 10.9. The summed E-state index contributed by atoms with van der Waals surface area (Å²) in [5, 5.41) is 11.3. The van der Waals surface area contributed by atoms with E-state index in [1.807, 2.05) is 0 Å². The number of anilines is 1. The van der Waals surface area contributed by atoms with Crippen LogP contribution >= 0.6 is 22.9 Å². The molecule has 1 heterocycles. The van der Waals surface area contributed by atoms with E-state index in [1.165, 1.54) is 42.5 Å². The maximum Gasteiger partial charge on any atom is 0.416 e. The van der Waals surface area contributed by atoms with Crippen molar-refractivity contribution in [3.05, 3.63) is 75.1 Å². The Bertz CT molecular complexity index is 1170. The summed E-state index contributed by atoms with van der Waals surface area (Å²) in [6.45, 7) is 1.70. The van der Waals surface area contributed by atoms with E-state index in [4.69, 9.17) is 16.7 Å². The van der Waals surface area contributed by atoms with Crippen LogP contribution in [0, 0.1) is 6.92 Å². The first-order chi connectivity index (χ1) is 14.5. The molecule has 0 aliphatic heterocycles. The molecule has 0 saturated heterocycles. The highest BCUT2D eigenvalue weighted by atomic mass is 35.5. The lowest BCUT2D eigenvalue weighted by molar-refractivity contribution is -0.137. The van der Waals surface area contributed by atoms with Gasteiger partial charge in [0.25, 0.3) is 5.91 Å². The molecule has 0 atom stereocenters. The zero-order valence-corrected chi connectivity index (χ0v) is 17.4. The quantitative estimate of drug-likeness (QED) is 0.448. The minimum Gasteiger partial charge on any atom is -0.477 e. The number of carbonyl (C=O) groups excluding carboxylic acids is 1. The summed E-state index contributed by atoms with van der Waals surface area (Å²) in [4.78, 5) is 28.1. The largest absolute Gasteiger partial charge is 0.477 e. The lowest BCUT2D eigenvalue weighted by atomic mass is 10.1. The Morgan fingerprint density at radius 2 is 1.84 bits per heavy atom. The number of carboxylic acid groups (broad SMARTS) is 1. The van der Waals surface area contributed by atoms with Crippen LogP contribution in [0.25, 0.3) is 17.3 Å². The zero-order chi connectivity index (χ0) is 22.8. The van der Waals surface area contributed by atoms with Gasteiger partial charge in [-0.1, -0.05) is 35.9 Å². The van der Waals surface area contributed by atoms with Crippen LogP contribution in [0.1, 0.15) is 26.4 Å². The molecule has 1 amide bonds. The first kappa shape index (κ1) is 22.5. The molecule has 2 aromatic carbocycles. The van der Waals surface area contributed by atoms with Crippen molar-refractivity contribution in [1.82, 2.24) is 4.98 Å². The molecule has 0 aliphatic rings. The number of nitrogens with one attached hydrogen (secondary N) is 1. The number of rotatable bonds is 5. The number of thiazole rings is 1. The van der Waals surface area contributed by atoms with Crippen molar-refractivity contribution in [2.75, 3.05) is 5.32 Å². The fourth-order valence-corrected chi connectivity index (χ4v) is 3.63. The van der Waals surface area contributed by atoms with Gasteiger partial charge < -0.3 is 5.11 Å². The number of aliphatic carboxylic acids is 1. The van der Waals surface area contributed by atoms with Crippen LogP contribution in [-0.4, -0.2) is 22.0 Å². The zero-order valence-electron chi connectivity index (χ0n) is 15.8. The molecule has 0 aliphatic carbocycles. The van der Waals surface area contributed by atoms with Gasteiger partial charge in [-0.05, 0) is 42.8 Å². The molecule has 2 N–H and O–H groups in total. The van der Waals surface area contributed by atoms with Crippen molar-refractivity contribution in [1.29, 1.82) is 0 Å². The number of carbonyl (C=O) groups is 2. The number of nitrogens with zero attached hydrogens (tertiary/aromatic N) is 1. The number of aromatic nitrogens is 1. The first-order valence-electron chi connectivity index (χ1n) is 8.71. The molecule has 5 nitrogen and oxygen atoms in total. The van der Waals surface area contributed by atoms with Crippen LogP contribution < -0.4 is 5.32 Å². The van der Waals surface area contributed by atoms with Crippen LogP contribution in [0.2, 0.25) is 0 Å². The summed E-state index contributed by atoms with van der Waals surface area (Å²) in [7, 11) is 0. The number of hydrogen-bond acceptors (Lipinski definition) is 4.